The van der Waals surface area contributed by atoms with Crippen LogP contribution in [0.15, 0.2) is 35.2 Å². The molecule has 0 spiro atoms. The molecule has 0 heterocycles. The van der Waals surface area contributed by atoms with E-state index >= 15 is 0 Å². The minimum atomic E-state index is -3.95. The van der Waals surface area contributed by atoms with Gasteiger partial charge in [0, 0.05) is 11.5 Å². The standard InChI is InChI=1S/C17H28ClO5PS/c1-3-5-13-22-24(19,14-9-10-16(18)4-2)15-23-25(20,21)17-11-7-6-8-12-17/h6-8,11-12,16H,3-5,9-10,13-15H2,1-2H3. The number of hydrogen-bond acceptors (Lipinski definition) is 5. The fourth-order valence-electron chi connectivity index (χ4n) is 2.10. The molecule has 5 nitrogen and oxygen atoms in total. The van der Waals surface area contributed by atoms with Gasteiger partial charge in [-0.2, -0.15) is 8.42 Å². The highest BCUT2D eigenvalue weighted by Crippen LogP contribution is 2.48. The Bertz CT molecular complexity index is 636. The van der Waals surface area contributed by atoms with Crippen molar-refractivity contribution in [3.63, 3.8) is 0 Å². The second-order valence-corrected chi connectivity index (χ2v) is 10.7. The van der Waals surface area contributed by atoms with E-state index < -0.39 is 23.8 Å². The van der Waals surface area contributed by atoms with Crippen LogP contribution in [0.2, 0.25) is 0 Å². The minimum Gasteiger partial charge on any atom is -0.327 e. The van der Waals surface area contributed by atoms with Crippen molar-refractivity contribution in [2.75, 3.05) is 19.1 Å². The van der Waals surface area contributed by atoms with Crippen LogP contribution in [-0.4, -0.2) is 32.9 Å². The highest BCUT2D eigenvalue weighted by molar-refractivity contribution is 7.87. The van der Waals surface area contributed by atoms with Gasteiger partial charge >= 0.3 is 0 Å². The zero-order valence-corrected chi connectivity index (χ0v) is 17.4. The maximum atomic E-state index is 13.0. The number of unbranched alkanes of at least 4 members (excludes halogenated alkanes) is 1. The molecule has 1 aromatic carbocycles. The monoisotopic (exact) mass is 410 g/mol. The molecular weight excluding hydrogens is 383 g/mol. The Morgan fingerprint density at radius 3 is 2.44 bits per heavy atom. The van der Waals surface area contributed by atoms with Gasteiger partial charge in [-0.05, 0) is 37.8 Å². The lowest BCUT2D eigenvalue weighted by Gasteiger charge is -2.19. The van der Waals surface area contributed by atoms with Crippen LogP contribution < -0.4 is 0 Å². The molecule has 0 aliphatic heterocycles. The van der Waals surface area contributed by atoms with Crippen molar-refractivity contribution in [2.45, 2.75) is 56.2 Å². The minimum absolute atomic E-state index is 0.0260. The molecule has 0 bridgehead atoms. The summed E-state index contributed by atoms with van der Waals surface area (Å²) in [6.07, 6.45) is 3.66. The molecule has 0 aliphatic rings. The Morgan fingerprint density at radius 2 is 1.84 bits per heavy atom. The van der Waals surface area contributed by atoms with Crippen LogP contribution in [0.3, 0.4) is 0 Å². The highest BCUT2D eigenvalue weighted by atomic mass is 35.5. The topological polar surface area (TPSA) is 69.7 Å². The summed E-state index contributed by atoms with van der Waals surface area (Å²) in [5, 5.41) is 0.0260. The molecule has 0 fully saturated rings. The summed E-state index contributed by atoms with van der Waals surface area (Å²) in [4.78, 5) is 0.0434. The van der Waals surface area contributed by atoms with E-state index in [9.17, 15) is 13.0 Å². The van der Waals surface area contributed by atoms with Crippen molar-refractivity contribution >= 4 is 29.1 Å². The van der Waals surface area contributed by atoms with E-state index in [4.69, 9.17) is 20.3 Å². The van der Waals surface area contributed by atoms with Gasteiger partial charge in [-0.3, -0.25) is 8.75 Å². The summed E-state index contributed by atoms with van der Waals surface area (Å²) in [6, 6.07) is 7.82. The third-order valence-corrected chi connectivity index (χ3v) is 7.87. The summed E-state index contributed by atoms with van der Waals surface area (Å²) in [6.45, 7) is 4.33. The summed E-state index contributed by atoms with van der Waals surface area (Å²) < 4.78 is 48.0. The molecule has 8 heteroatoms. The Labute approximate surface area is 156 Å². The Balaban J connectivity index is 2.70. The second kappa shape index (κ2) is 11.3. The van der Waals surface area contributed by atoms with E-state index in [1.807, 2.05) is 13.8 Å². The molecular formula is C17H28ClO5PS. The van der Waals surface area contributed by atoms with Crippen LogP contribution in [0.1, 0.15) is 46.0 Å². The van der Waals surface area contributed by atoms with Crippen molar-refractivity contribution in [3.8, 4) is 0 Å². The van der Waals surface area contributed by atoms with Gasteiger partial charge in [0.25, 0.3) is 10.1 Å². The molecule has 0 amide bonds. The molecule has 25 heavy (non-hydrogen) atoms. The lowest BCUT2D eigenvalue weighted by Crippen LogP contribution is -2.11. The zero-order chi connectivity index (χ0) is 18.8. The predicted molar refractivity (Wildman–Crippen MR) is 102 cm³/mol. The molecule has 0 aromatic heterocycles. The van der Waals surface area contributed by atoms with Gasteiger partial charge < -0.3 is 4.52 Å². The van der Waals surface area contributed by atoms with Crippen LogP contribution in [0.5, 0.6) is 0 Å². The Morgan fingerprint density at radius 1 is 1.16 bits per heavy atom. The molecule has 0 aliphatic carbocycles. The molecule has 0 saturated carbocycles. The van der Waals surface area contributed by atoms with Crippen LogP contribution in [0.25, 0.3) is 0 Å². The molecule has 2 atom stereocenters. The van der Waals surface area contributed by atoms with E-state index in [1.54, 1.807) is 18.2 Å². The first-order chi connectivity index (χ1) is 11.8. The molecule has 0 N–H and O–H groups in total. The van der Waals surface area contributed by atoms with Gasteiger partial charge in [0.15, 0.2) is 0 Å². The van der Waals surface area contributed by atoms with Crippen LogP contribution in [0.4, 0.5) is 0 Å². The average molecular weight is 411 g/mol. The number of hydrogen-bond donors (Lipinski definition) is 0. The number of halogens is 1. The van der Waals surface area contributed by atoms with E-state index in [0.29, 0.717) is 19.4 Å². The zero-order valence-electron chi connectivity index (χ0n) is 14.9. The van der Waals surface area contributed by atoms with Crippen molar-refractivity contribution in [3.05, 3.63) is 30.3 Å². The molecule has 0 saturated heterocycles. The first-order valence-electron chi connectivity index (χ1n) is 8.64. The van der Waals surface area contributed by atoms with Crippen LogP contribution in [-0.2, 0) is 23.4 Å². The van der Waals surface area contributed by atoms with Crippen molar-refractivity contribution in [2.24, 2.45) is 0 Å². The number of rotatable bonds is 13. The summed E-state index contributed by atoms with van der Waals surface area (Å²) in [5.74, 6) is 0. The summed E-state index contributed by atoms with van der Waals surface area (Å²) in [7, 11) is -7.14. The molecule has 144 valence electrons. The van der Waals surface area contributed by atoms with Gasteiger partial charge in [0.05, 0.1) is 11.5 Å². The lowest BCUT2D eigenvalue weighted by molar-refractivity contribution is 0.276. The van der Waals surface area contributed by atoms with Crippen molar-refractivity contribution in [1.29, 1.82) is 0 Å². The Hall–Kier alpha value is -0.390. The second-order valence-electron chi connectivity index (χ2n) is 5.89. The predicted octanol–water partition coefficient (Wildman–Crippen LogP) is 5.24. The summed E-state index contributed by atoms with van der Waals surface area (Å²) in [5.41, 5.74) is 0. The van der Waals surface area contributed by atoms with Gasteiger partial charge in [-0.15, -0.1) is 11.6 Å². The molecule has 0 radical (unpaired) electrons. The first-order valence-corrected chi connectivity index (χ1v) is 12.5. The van der Waals surface area contributed by atoms with Gasteiger partial charge in [-0.25, -0.2) is 0 Å². The van der Waals surface area contributed by atoms with E-state index in [0.717, 1.165) is 19.3 Å². The normalized spacial score (nSPS) is 15.6. The van der Waals surface area contributed by atoms with Gasteiger partial charge in [0.1, 0.15) is 6.35 Å². The third-order valence-electron chi connectivity index (χ3n) is 3.72. The molecule has 2 unspecified atom stereocenters. The van der Waals surface area contributed by atoms with E-state index in [2.05, 4.69) is 0 Å². The lowest BCUT2D eigenvalue weighted by atomic mass is 10.2. The SMILES string of the molecule is CCCCOP(=O)(CCCC(Cl)CC)COS(=O)(=O)c1ccccc1. The van der Waals surface area contributed by atoms with Crippen LogP contribution >= 0.6 is 19.0 Å². The molecule has 1 rings (SSSR count). The average Bonchev–Trinajstić information content (AvgIpc) is 2.61. The maximum Gasteiger partial charge on any atom is 0.297 e. The van der Waals surface area contributed by atoms with Gasteiger partial charge in [0.2, 0.25) is 7.37 Å². The van der Waals surface area contributed by atoms with E-state index in [1.165, 1.54) is 12.1 Å². The van der Waals surface area contributed by atoms with Gasteiger partial charge in [-0.1, -0.05) is 38.5 Å². The number of alkyl halides is 1. The quantitative estimate of drug-likeness (QED) is 0.192. The van der Waals surface area contributed by atoms with E-state index in [-0.39, 0.29) is 16.4 Å². The fourth-order valence-corrected chi connectivity index (χ4v) is 5.54. The largest absolute Gasteiger partial charge is 0.327 e. The molecule has 1 aromatic rings. The number of benzene rings is 1. The maximum absolute atomic E-state index is 13.0. The Kier molecular flexibility index (Phi) is 10.3. The smallest absolute Gasteiger partial charge is 0.297 e. The van der Waals surface area contributed by atoms with Crippen molar-refractivity contribution in [1.82, 2.24) is 0 Å². The van der Waals surface area contributed by atoms with Crippen molar-refractivity contribution < 1.29 is 21.7 Å². The third kappa shape index (κ3) is 8.69. The summed E-state index contributed by atoms with van der Waals surface area (Å²) >= 11 is 6.09. The fraction of sp³-hybridized carbons (Fsp3) is 0.647. The first kappa shape index (κ1) is 22.7. The van der Waals surface area contributed by atoms with Crippen LogP contribution in [0, 0.1) is 0 Å². The highest BCUT2D eigenvalue weighted by Gasteiger charge is 2.27.